The third-order valence-corrected chi connectivity index (χ3v) is 4.54. The molecule has 1 aromatic rings. The summed E-state index contributed by atoms with van der Waals surface area (Å²) in [7, 11) is 0. The molecule has 19 heavy (non-hydrogen) atoms. The lowest BCUT2D eigenvalue weighted by Gasteiger charge is -2.18. The second-order valence-corrected chi connectivity index (χ2v) is 6.20. The molecule has 1 aromatic carbocycles. The van der Waals surface area contributed by atoms with Crippen molar-refractivity contribution in [3.05, 3.63) is 35.4 Å². The van der Waals surface area contributed by atoms with E-state index in [1.807, 2.05) is 13.8 Å². The fourth-order valence-corrected chi connectivity index (χ4v) is 3.03. The topological polar surface area (TPSA) is 44.7 Å². The molecule has 0 amide bonds. The zero-order valence-electron chi connectivity index (χ0n) is 10.8. The molecule has 0 bridgehead atoms. The molecule has 0 saturated heterocycles. The van der Waals surface area contributed by atoms with Gasteiger partial charge in [0.25, 0.3) is 5.04 Å². The van der Waals surface area contributed by atoms with Crippen molar-refractivity contribution in [1.82, 2.24) is 0 Å². The lowest BCUT2D eigenvalue weighted by Crippen LogP contribution is -2.26. The van der Waals surface area contributed by atoms with Gasteiger partial charge in [-0.15, -0.1) is 0 Å². The molecule has 0 saturated carbocycles. The lowest BCUT2D eigenvalue weighted by atomic mass is 10.0. The van der Waals surface area contributed by atoms with Gasteiger partial charge in [0.2, 0.25) is 0 Å². The van der Waals surface area contributed by atoms with Crippen LogP contribution < -0.4 is 0 Å². The monoisotopic (exact) mass is 287 g/mol. The number of rotatable bonds is 3. The molecule has 6 heteroatoms. The highest BCUT2D eigenvalue weighted by atomic mass is 32.2. The van der Waals surface area contributed by atoms with Crippen LogP contribution in [-0.2, 0) is 21.8 Å². The molecule has 0 aliphatic carbocycles. The highest BCUT2D eigenvalue weighted by molar-refractivity contribution is 8.05. The number of halogens is 2. The number of benzene rings is 1. The highest BCUT2D eigenvalue weighted by Crippen LogP contribution is 2.30. The van der Waals surface area contributed by atoms with Crippen LogP contribution in [0.4, 0.5) is 8.78 Å². The van der Waals surface area contributed by atoms with E-state index in [4.69, 9.17) is 4.84 Å². The van der Waals surface area contributed by atoms with E-state index in [0.29, 0.717) is 11.5 Å². The first-order chi connectivity index (χ1) is 8.95. The van der Waals surface area contributed by atoms with Crippen molar-refractivity contribution in [1.29, 1.82) is 0 Å². The Hall–Kier alpha value is -1.14. The molecule has 1 aliphatic heterocycles. The average Bonchev–Trinajstić information content (AvgIpc) is 2.77. The van der Waals surface area contributed by atoms with Crippen LogP contribution in [0.2, 0.25) is 0 Å². The Morgan fingerprint density at radius 3 is 2.58 bits per heavy atom. The van der Waals surface area contributed by atoms with Crippen LogP contribution in [0, 0.1) is 11.6 Å². The van der Waals surface area contributed by atoms with Gasteiger partial charge in [0, 0.05) is 11.2 Å². The van der Waals surface area contributed by atoms with Crippen LogP contribution in [0.3, 0.4) is 0 Å². The predicted octanol–water partition coefficient (Wildman–Crippen LogP) is 3.12. The van der Waals surface area contributed by atoms with Crippen molar-refractivity contribution in [3.8, 4) is 0 Å². The van der Waals surface area contributed by atoms with Crippen LogP contribution >= 0.6 is 0 Å². The SMILES string of the molecule is CCC1(C)CC([S+]([O-])Cc2c(F)cccc2F)=NO1. The van der Waals surface area contributed by atoms with Gasteiger partial charge in [-0.3, -0.25) is 0 Å². The Bertz CT molecular complexity index is 489. The minimum absolute atomic E-state index is 0.173. The summed E-state index contributed by atoms with van der Waals surface area (Å²) in [5, 5.41) is 4.14. The Kier molecular flexibility index (Phi) is 4.10. The Labute approximate surface area is 113 Å². The molecule has 0 N–H and O–H groups in total. The van der Waals surface area contributed by atoms with E-state index in [-0.39, 0.29) is 11.3 Å². The summed E-state index contributed by atoms with van der Waals surface area (Å²) in [5.41, 5.74) is -0.632. The Morgan fingerprint density at radius 1 is 1.42 bits per heavy atom. The van der Waals surface area contributed by atoms with E-state index in [9.17, 15) is 13.3 Å². The fraction of sp³-hybridized carbons (Fsp3) is 0.462. The van der Waals surface area contributed by atoms with Crippen molar-refractivity contribution in [3.63, 3.8) is 0 Å². The van der Waals surface area contributed by atoms with E-state index >= 15 is 0 Å². The molecule has 0 radical (unpaired) electrons. The molecule has 1 heterocycles. The third-order valence-electron chi connectivity index (χ3n) is 3.24. The molecule has 2 unspecified atom stereocenters. The quantitative estimate of drug-likeness (QED) is 0.802. The maximum Gasteiger partial charge on any atom is 0.259 e. The second kappa shape index (κ2) is 5.46. The molecule has 0 spiro atoms. The second-order valence-electron chi connectivity index (χ2n) is 4.75. The molecule has 104 valence electrons. The molecule has 0 fully saturated rings. The summed E-state index contributed by atoms with van der Waals surface area (Å²) in [6, 6.07) is 3.58. The van der Waals surface area contributed by atoms with Gasteiger partial charge >= 0.3 is 0 Å². The van der Waals surface area contributed by atoms with Gasteiger partial charge in [-0.1, -0.05) is 13.0 Å². The van der Waals surface area contributed by atoms with Gasteiger partial charge in [-0.25, -0.2) is 8.78 Å². The summed E-state index contributed by atoms with van der Waals surface area (Å²) in [6.45, 7) is 3.81. The zero-order chi connectivity index (χ0) is 14.0. The molecule has 3 nitrogen and oxygen atoms in total. The third kappa shape index (κ3) is 3.06. The minimum atomic E-state index is -1.57. The van der Waals surface area contributed by atoms with Crippen molar-refractivity contribution < 1.29 is 18.2 Å². The first kappa shape index (κ1) is 14.3. The van der Waals surface area contributed by atoms with Gasteiger partial charge in [0.15, 0.2) is 0 Å². The molecule has 2 rings (SSSR count). The molecular formula is C13H15F2NO2S. The van der Waals surface area contributed by atoms with Gasteiger partial charge in [-0.2, -0.15) is 0 Å². The number of nitrogens with zero attached hydrogens (tertiary/aromatic N) is 1. The van der Waals surface area contributed by atoms with Gasteiger partial charge in [0.05, 0.1) is 12.0 Å². The van der Waals surface area contributed by atoms with Crippen LogP contribution in [0.5, 0.6) is 0 Å². The molecular weight excluding hydrogens is 272 g/mol. The highest BCUT2D eigenvalue weighted by Gasteiger charge is 2.38. The summed E-state index contributed by atoms with van der Waals surface area (Å²) in [4.78, 5) is 5.23. The molecule has 0 aromatic heterocycles. The largest absolute Gasteiger partial charge is 0.610 e. The lowest BCUT2D eigenvalue weighted by molar-refractivity contribution is -0.00604. The van der Waals surface area contributed by atoms with Gasteiger partial charge in [-0.05, 0) is 30.6 Å². The van der Waals surface area contributed by atoms with Gasteiger partial charge in [0.1, 0.15) is 23.0 Å². The Balaban J connectivity index is 2.09. The maximum absolute atomic E-state index is 13.5. The van der Waals surface area contributed by atoms with Crippen LogP contribution in [0.25, 0.3) is 0 Å². The Morgan fingerprint density at radius 2 is 2.05 bits per heavy atom. The van der Waals surface area contributed by atoms with Crippen LogP contribution in [-0.4, -0.2) is 15.2 Å². The average molecular weight is 287 g/mol. The first-order valence-electron chi connectivity index (χ1n) is 6.01. The van der Waals surface area contributed by atoms with E-state index in [2.05, 4.69) is 5.16 Å². The molecule has 1 aliphatic rings. The fourth-order valence-electron chi connectivity index (χ4n) is 1.74. The first-order valence-corrected chi connectivity index (χ1v) is 7.33. The number of hydrogen-bond acceptors (Lipinski definition) is 3. The van der Waals surface area contributed by atoms with Crippen LogP contribution in [0.1, 0.15) is 32.3 Å². The summed E-state index contributed by atoms with van der Waals surface area (Å²) in [5.74, 6) is -1.60. The van der Waals surface area contributed by atoms with Crippen LogP contribution in [0.15, 0.2) is 23.4 Å². The number of oxime groups is 1. The molecule has 2 atom stereocenters. The standard InChI is InChI=1S/C13H15F2NO2S/c1-3-13(2)7-12(16-18-13)19(17)8-9-10(14)5-4-6-11(9)15/h4-6H,3,7-8H2,1-2H3. The van der Waals surface area contributed by atoms with E-state index < -0.39 is 28.4 Å². The zero-order valence-corrected chi connectivity index (χ0v) is 11.6. The van der Waals surface area contributed by atoms with Crippen molar-refractivity contribution in [2.45, 2.75) is 38.0 Å². The minimum Gasteiger partial charge on any atom is -0.610 e. The smallest absolute Gasteiger partial charge is 0.259 e. The normalized spacial score (nSPS) is 23.9. The van der Waals surface area contributed by atoms with E-state index in [0.717, 1.165) is 18.6 Å². The van der Waals surface area contributed by atoms with E-state index in [1.165, 1.54) is 6.07 Å². The van der Waals surface area contributed by atoms with Crippen molar-refractivity contribution >= 4 is 16.2 Å². The van der Waals surface area contributed by atoms with Crippen molar-refractivity contribution in [2.75, 3.05) is 0 Å². The predicted molar refractivity (Wildman–Crippen MR) is 70.0 cm³/mol. The van der Waals surface area contributed by atoms with E-state index in [1.54, 1.807) is 0 Å². The summed E-state index contributed by atoms with van der Waals surface area (Å²) in [6.07, 6.45) is 1.15. The maximum atomic E-state index is 13.5. The number of hydrogen-bond donors (Lipinski definition) is 0. The summed E-state index contributed by atoms with van der Waals surface area (Å²) >= 11 is -1.57. The van der Waals surface area contributed by atoms with Crippen molar-refractivity contribution in [2.24, 2.45) is 5.16 Å². The van der Waals surface area contributed by atoms with Gasteiger partial charge < -0.3 is 9.39 Å². The summed E-state index contributed by atoms with van der Waals surface area (Å²) < 4.78 is 39.0.